The van der Waals surface area contributed by atoms with Gasteiger partial charge >= 0.3 is 0 Å². The molecule has 0 bridgehead atoms. The molecule has 1 heterocycles. The molecule has 0 aliphatic heterocycles. The van der Waals surface area contributed by atoms with Gasteiger partial charge in [0.2, 0.25) is 11.8 Å². The molecule has 0 amide bonds. The number of hydrogen-bond donors (Lipinski definition) is 0. The van der Waals surface area contributed by atoms with Crippen molar-refractivity contribution >= 4 is 0 Å². The van der Waals surface area contributed by atoms with Gasteiger partial charge < -0.3 is 4.42 Å². The number of nitrogens with zero attached hydrogens (tertiary/aromatic N) is 2. The van der Waals surface area contributed by atoms with Crippen molar-refractivity contribution in [3.05, 3.63) is 11.8 Å². The van der Waals surface area contributed by atoms with E-state index in [1.54, 1.807) is 0 Å². The Kier molecular flexibility index (Phi) is 0.860. The highest BCUT2D eigenvalue weighted by atomic mass is 16.4. The molecule has 1 aromatic heterocycles. The monoisotopic (exact) mass is 124 g/mol. The lowest BCUT2D eigenvalue weighted by atomic mass is 10.4. The lowest BCUT2D eigenvalue weighted by Gasteiger charge is -1.80. The van der Waals surface area contributed by atoms with E-state index in [0.717, 1.165) is 5.89 Å². The molecule has 3 heteroatoms. The van der Waals surface area contributed by atoms with Crippen molar-refractivity contribution < 1.29 is 4.42 Å². The summed E-state index contributed by atoms with van der Waals surface area (Å²) in [5.74, 6) is 2.09. The molecule has 0 unspecified atom stereocenters. The molecule has 1 saturated carbocycles. The highest BCUT2D eigenvalue weighted by molar-refractivity contribution is 4.99. The first kappa shape index (κ1) is 4.97. The van der Waals surface area contributed by atoms with Crippen molar-refractivity contribution in [2.24, 2.45) is 0 Å². The van der Waals surface area contributed by atoms with Crippen LogP contribution in [0.25, 0.3) is 0 Å². The first-order valence-corrected chi connectivity index (χ1v) is 3.16. The van der Waals surface area contributed by atoms with Gasteiger partial charge in [0, 0.05) is 12.8 Å². The summed E-state index contributed by atoms with van der Waals surface area (Å²) < 4.78 is 5.19. The Morgan fingerprint density at radius 2 is 2.22 bits per heavy atom. The van der Waals surface area contributed by atoms with Crippen molar-refractivity contribution in [2.45, 2.75) is 25.7 Å². The Balaban J connectivity index is 2.28. The van der Waals surface area contributed by atoms with E-state index in [0.29, 0.717) is 11.8 Å². The van der Waals surface area contributed by atoms with E-state index in [1.807, 2.05) is 6.92 Å². The maximum absolute atomic E-state index is 5.19. The molecule has 1 aromatic rings. The summed E-state index contributed by atoms with van der Waals surface area (Å²) in [5, 5.41) is 7.62. The molecule has 48 valence electrons. The van der Waals surface area contributed by atoms with E-state index in [1.165, 1.54) is 12.8 Å². The second-order valence-electron chi connectivity index (χ2n) is 2.43. The highest BCUT2D eigenvalue weighted by Gasteiger charge is 2.28. The fourth-order valence-corrected chi connectivity index (χ4v) is 0.807. The van der Waals surface area contributed by atoms with Crippen molar-refractivity contribution in [1.29, 1.82) is 0 Å². The van der Waals surface area contributed by atoms with Crippen LogP contribution in [0.5, 0.6) is 0 Å². The van der Waals surface area contributed by atoms with Gasteiger partial charge in [0.25, 0.3) is 0 Å². The summed E-state index contributed by atoms with van der Waals surface area (Å²) in [6, 6.07) is 0. The van der Waals surface area contributed by atoms with E-state index in [-0.39, 0.29) is 0 Å². The summed E-state index contributed by atoms with van der Waals surface area (Å²) >= 11 is 0. The number of aryl methyl sites for hydroxylation is 1. The molecule has 0 saturated heterocycles. The molecule has 0 spiro atoms. The van der Waals surface area contributed by atoms with Crippen LogP contribution in [0.15, 0.2) is 4.42 Å². The average molecular weight is 124 g/mol. The molecular weight excluding hydrogens is 116 g/mol. The van der Waals surface area contributed by atoms with Crippen LogP contribution in [0.3, 0.4) is 0 Å². The van der Waals surface area contributed by atoms with Crippen LogP contribution in [0.4, 0.5) is 0 Å². The van der Waals surface area contributed by atoms with E-state index in [9.17, 15) is 0 Å². The third kappa shape index (κ3) is 0.823. The molecular formula is C6H8N2O. The Morgan fingerprint density at radius 3 is 2.67 bits per heavy atom. The Labute approximate surface area is 53.1 Å². The van der Waals surface area contributed by atoms with Gasteiger partial charge in [0.15, 0.2) is 0 Å². The molecule has 9 heavy (non-hydrogen) atoms. The van der Waals surface area contributed by atoms with Gasteiger partial charge in [-0.3, -0.25) is 0 Å². The maximum atomic E-state index is 5.19. The first-order valence-electron chi connectivity index (χ1n) is 3.16. The third-order valence-corrected chi connectivity index (χ3v) is 1.47. The largest absolute Gasteiger partial charge is 0.425 e. The van der Waals surface area contributed by atoms with Crippen LogP contribution in [0, 0.1) is 6.92 Å². The van der Waals surface area contributed by atoms with E-state index in [4.69, 9.17) is 4.42 Å². The van der Waals surface area contributed by atoms with Crippen LogP contribution in [-0.4, -0.2) is 10.2 Å². The van der Waals surface area contributed by atoms with E-state index in [2.05, 4.69) is 10.2 Å². The summed E-state index contributed by atoms with van der Waals surface area (Å²) in [6.45, 7) is 1.82. The molecule has 3 nitrogen and oxygen atoms in total. The van der Waals surface area contributed by atoms with Crippen LogP contribution < -0.4 is 0 Å². The van der Waals surface area contributed by atoms with Gasteiger partial charge in [-0.1, -0.05) is 0 Å². The minimum absolute atomic E-state index is 0.589. The number of rotatable bonds is 1. The Hall–Kier alpha value is -0.860. The van der Waals surface area contributed by atoms with Gasteiger partial charge in [-0.05, 0) is 12.8 Å². The number of aromatic nitrogens is 2. The average Bonchev–Trinajstić information content (AvgIpc) is 2.58. The van der Waals surface area contributed by atoms with Crippen LogP contribution in [0.2, 0.25) is 0 Å². The Bertz CT molecular complexity index is 215. The van der Waals surface area contributed by atoms with Crippen LogP contribution in [0.1, 0.15) is 30.5 Å². The van der Waals surface area contributed by atoms with Crippen molar-refractivity contribution in [1.82, 2.24) is 10.2 Å². The fraction of sp³-hybridized carbons (Fsp3) is 0.667. The zero-order valence-electron chi connectivity index (χ0n) is 5.29. The quantitative estimate of drug-likeness (QED) is 0.565. The second-order valence-corrected chi connectivity index (χ2v) is 2.43. The lowest BCUT2D eigenvalue weighted by molar-refractivity contribution is 0.469. The van der Waals surface area contributed by atoms with Crippen molar-refractivity contribution in [3.63, 3.8) is 0 Å². The molecule has 2 rings (SSSR count). The van der Waals surface area contributed by atoms with Gasteiger partial charge in [-0.15, -0.1) is 10.2 Å². The summed E-state index contributed by atoms with van der Waals surface area (Å²) in [7, 11) is 0. The normalized spacial score (nSPS) is 18.3. The van der Waals surface area contributed by atoms with Crippen LogP contribution >= 0.6 is 0 Å². The van der Waals surface area contributed by atoms with Gasteiger partial charge in [-0.25, -0.2) is 0 Å². The zero-order chi connectivity index (χ0) is 6.27. The van der Waals surface area contributed by atoms with Gasteiger partial charge in [0.1, 0.15) is 0 Å². The smallest absolute Gasteiger partial charge is 0.219 e. The SMILES string of the molecule is Cc1nnc(C2CC2)o1. The summed E-state index contributed by atoms with van der Waals surface area (Å²) in [6.07, 6.45) is 2.45. The molecule has 1 fully saturated rings. The van der Waals surface area contributed by atoms with Crippen molar-refractivity contribution in [3.8, 4) is 0 Å². The molecule has 1 aliphatic rings. The molecule has 0 N–H and O–H groups in total. The Morgan fingerprint density at radius 1 is 1.44 bits per heavy atom. The maximum Gasteiger partial charge on any atom is 0.219 e. The highest BCUT2D eigenvalue weighted by Crippen LogP contribution is 2.38. The first-order chi connectivity index (χ1) is 4.36. The predicted molar refractivity (Wildman–Crippen MR) is 31.0 cm³/mol. The number of hydrogen-bond acceptors (Lipinski definition) is 3. The summed E-state index contributed by atoms with van der Waals surface area (Å²) in [4.78, 5) is 0. The predicted octanol–water partition coefficient (Wildman–Crippen LogP) is 1.26. The topological polar surface area (TPSA) is 38.9 Å². The lowest BCUT2D eigenvalue weighted by Crippen LogP contribution is -1.75. The molecule has 1 aliphatic carbocycles. The molecule has 0 atom stereocenters. The minimum atomic E-state index is 0.589. The van der Waals surface area contributed by atoms with E-state index < -0.39 is 0 Å². The van der Waals surface area contributed by atoms with Crippen molar-refractivity contribution in [2.75, 3.05) is 0 Å². The molecule has 0 aromatic carbocycles. The molecule has 0 radical (unpaired) electrons. The fourth-order valence-electron chi connectivity index (χ4n) is 0.807. The van der Waals surface area contributed by atoms with Gasteiger partial charge in [0.05, 0.1) is 0 Å². The van der Waals surface area contributed by atoms with E-state index >= 15 is 0 Å². The standard InChI is InChI=1S/C6H8N2O/c1-4-7-8-6(9-4)5-2-3-5/h5H,2-3H2,1H3. The zero-order valence-corrected chi connectivity index (χ0v) is 5.29. The third-order valence-electron chi connectivity index (χ3n) is 1.47. The van der Waals surface area contributed by atoms with Gasteiger partial charge in [-0.2, -0.15) is 0 Å². The second kappa shape index (κ2) is 1.56. The summed E-state index contributed by atoms with van der Waals surface area (Å²) in [5.41, 5.74) is 0. The van der Waals surface area contributed by atoms with Crippen LogP contribution in [-0.2, 0) is 0 Å². The minimum Gasteiger partial charge on any atom is -0.425 e.